The molecule has 2 aromatic rings. The number of carbonyl (C=O) groups excluding carboxylic acids is 2. The summed E-state index contributed by atoms with van der Waals surface area (Å²) in [5.74, 6) is 0.482. The molecule has 4 nitrogen and oxygen atoms in total. The second-order valence-corrected chi connectivity index (χ2v) is 8.71. The van der Waals surface area contributed by atoms with Gasteiger partial charge in [-0.25, -0.2) is 0 Å². The fourth-order valence-electron chi connectivity index (χ4n) is 4.68. The van der Waals surface area contributed by atoms with Crippen molar-refractivity contribution in [2.75, 3.05) is 31.6 Å². The Hall–Kier alpha value is -2.46. The van der Waals surface area contributed by atoms with Crippen molar-refractivity contribution in [3.63, 3.8) is 0 Å². The largest absolute Gasteiger partial charge is 0.312 e. The molecule has 2 aromatic carbocycles. The van der Waals surface area contributed by atoms with Crippen LogP contribution in [0.5, 0.6) is 0 Å². The van der Waals surface area contributed by atoms with Gasteiger partial charge in [-0.3, -0.25) is 9.59 Å². The molecule has 0 saturated heterocycles. The van der Waals surface area contributed by atoms with Crippen LogP contribution in [0, 0.1) is 0 Å². The summed E-state index contributed by atoms with van der Waals surface area (Å²) in [6.07, 6.45) is 7.09. The van der Waals surface area contributed by atoms with Gasteiger partial charge in [-0.2, -0.15) is 0 Å². The van der Waals surface area contributed by atoms with Crippen molar-refractivity contribution < 1.29 is 9.59 Å². The molecule has 0 aliphatic carbocycles. The highest BCUT2D eigenvalue weighted by Crippen LogP contribution is 2.37. The van der Waals surface area contributed by atoms with Gasteiger partial charge < -0.3 is 9.80 Å². The first-order valence-electron chi connectivity index (χ1n) is 11.3. The molecule has 0 radical (unpaired) electrons. The van der Waals surface area contributed by atoms with Crippen molar-refractivity contribution >= 4 is 17.4 Å². The van der Waals surface area contributed by atoms with E-state index >= 15 is 0 Å². The van der Waals surface area contributed by atoms with Crippen LogP contribution >= 0.6 is 0 Å². The maximum Gasteiger partial charge on any atom is 0.227 e. The van der Waals surface area contributed by atoms with E-state index in [-0.39, 0.29) is 11.7 Å². The SMILES string of the molecule is CN(CCCCCC(=O)c1cc2c3c(c1)CCN3C(=O)CC2)CCc1ccccc1. The lowest BCUT2D eigenvalue weighted by Crippen LogP contribution is -2.32. The number of benzene rings is 2. The minimum atomic E-state index is 0.231. The molecule has 0 fully saturated rings. The summed E-state index contributed by atoms with van der Waals surface area (Å²) in [4.78, 5) is 29.1. The lowest BCUT2D eigenvalue weighted by Gasteiger charge is -2.25. The number of nitrogens with zero attached hydrogens (tertiary/aromatic N) is 2. The molecule has 0 bridgehead atoms. The number of Topliss-reactive ketones (excluding diaryl/α,β-unsaturated/α-hetero) is 1. The van der Waals surface area contributed by atoms with Crippen molar-refractivity contribution in [2.24, 2.45) is 0 Å². The third-order valence-electron chi connectivity index (χ3n) is 6.44. The summed E-state index contributed by atoms with van der Waals surface area (Å²) in [6.45, 7) is 2.92. The predicted molar refractivity (Wildman–Crippen MR) is 121 cm³/mol. The van der Waals surface area contributed by atoms with Gasteiger partial charge in [0.15, 0.2) is 5.78 Å². The normalized spacial score (nSPS) is 15.0. The number of anilines is 1. The summed E-state index contributed by atoms with van der Waals surface area (Å²) in [5.41, 5.74) is 5.70. The van der Waals surface area contributed by atoms with Crippen LogP contribution < -0.4 is 4.90 Å². The molecule has 2 aliphatic rings. The number of hydrogen-bond donors (Lipinski definition) is 0. The van der Waals surface area contributed by atoms with Gasteiger partial charge in [-0.15, -0.1) is 0 Å². The van der Waals surface area contributed by atoms with E-state index in [1.165, 1.54) is 16.7 Å². The molecule has 2 aliphatic heterocycles. The van der Waals surface area contributed by atoms with Gasteiger partial charge in [0.2, 0.25) is 5.91 Å². The smallest absolute Gasteiger partial charge is 0.227 e. The number of amides is 1. The Morgan fingerprint density at radius 1 is 0.967 bits per heavy atom. The zero-order valence-corrected chi connectivity index (χ0v) is 18.0. The first-order valence-corrected chi connectivity index (χ1v) is 11.3. The third kappa shape index (κ3) is 4.81. The van der Waals surface area contributed by atoms with Crippen molar-refractivity contribution in [3.05, 3.63) is 64.7 Å². The van der Waals surface area contributed by atoms with Gasteiger partial charge in [0.1, 0.15) is 0 Å². The van der Waals surface area contributed by atoms with Crippen LogP contribution in [0.1, 0.15) is 59.2 Å². The highest BCUT2D eigenvalue weighted by Gasteiger charge is 2.31. The molecule has 0 saturated carbocycles. The second-order valence-electron chi connectivity index (χ2n) is 8.71. The molecule has 4 rings (SSSR count). The van der Waals surface area contributed by atoms with Crippen LogP contribution in [0.25, 0.3) is 0 Å². The maximum atomic E-state index is 12.7. The Morgan fingerprint density at radius 2 is 1.73 bits per heavy atom. The Labute approximate surface area is 179 Å². The minimum Gasteiger partial charge on any atom is -0.312 e. The van der Waals surface area contributed by atoms with E-state index < -0.39 is 0 Å². The van der Waals surface area contributed by atoms with Crippen molar-refractivity contribution in [1.82, 2.24) is 4.90 Å². The van der Waals surface area contributed by atoms with Crippen molar-refractivity contribution in [1.29, 1.82) is 0 Å². The first kappa shape index (κ1) is 20.8. The molecular weight excluding hydrogens is 372 g/mol. The van der Waals surface area contributed by atoms with E-state index in [2.05, 4.69) is 42.3 Å². The molecule has 4 heteroatoms. The van der Waals surface area contributed by atoms with Crippen LogP contribution in [0.4, 0.5) is 5.69 Å². The summed E-state index contributed by atoms with van der Waals surface area (Å²) in [6, 6.07) is 14.7. The standard InChI is InChI=1S/C26H32N2O2/c1-27(16-13-20-8-4-2-5-9-20)15-7-3-6-10-24(29)23-18-21-11-12-25(30)28-17-14-22(19-23)26(21)28/h2,4-5,8-9,18-19H,3,6-7,10-17H2,1H3. The molecule has 2 heterocycles. The van der Waals surface area contributed by atoms with E-state index in [4.69, 9.17) is 0 Å². The Bertz CT molecular complexity index is 907. The van der Waals surface area contributed by atoms with Gasteiger partial charge >= 0.3 is 0 Å². The monoisotopic (exact) mass is 404 g/mol. The number of likely N-dealkylation sites (N-methyl/N-ethyl adjacent to an activating group) is 1. The van der Waals surface area contributed by atoms with Gasteiger partial charge in [0, 0.05) is 31.5 Å². The molecule has 30 heavy (non-hydrogen) atoms. The quantitative estimate of drug-likeness (QED) is 0.434. The van der Waals surface area contributed by atoms with Gasteiger partial charge in [0.25, 0.3) is 0 Å². The number of aryl methyl sites for hydroxylation is 1. The molecule has 1 amide bonds. The van der Waals surface area contributed by atoms with E-state index in [1.54, 1.807) is 0 Å². The van der Waals surface area contributed by atoms with Gasteiger partial charge in [0.05, 0.1) is 5.69 Å². The average molecular weight is 405 g/mol. The molecule has 0 atom stereocenters. The third-order valence-corrected chi connectivity index (χ3v) is 6.44. The van der Waals surface area contributed by atoms with E-state index in [0.29, 0.717) is 12.8 Å². The Balaban J connectivity index is 1.19. The topological polar surface area (TPSA) is 40.6 Å². The molecular formula is C26H32N2O2. The van der Waals surface area contributed by atoms with E-state index in [9.17, 15) is 9.59 Å². The number of unbranched alkanes of at least 4 members (excludes halogenated alkanes) is 2. The summed E-state index contributed by atoms with van der Waals surface area (Å²) in [7, 11) is 2.18. The molecule has 0 aromatic heterocycles. The number of hydrogen-bond acceptors (Lipinski definition) is 3. The average Bonchev–Trinajstić information content (AvgIpc) is 3.20. The second kappa shape index (κ2) is 9.57. The molecule has 0 spiro atoms. The van der Waals surface area contributed by atoms with Crippen LogP contribution in [-0.2, 0) is 24.1 Å². The first-order chi connectivity index (χ1) is 14.6. The predicted octanol–water partition coefficient (Wildman–Crippen LogP) is 4.44. The molecule has 0 N–H and O–H groups in total. The van der Waals surface area contributed by atoms with Crippen LogP contribution in [-0.4, -0.2) is 43.3 Å². The van der Waals surface area contributed by atoms with E-state index in [1.807, 2.05) is 17.0 Å². The van der Waals surface area contributed by atoms with Crippen LogP contribution in [0.15, 0.2) is 42.5 Å². The summed E-state index contributed by atoms with van der Waals surface area (Å²) < 4.78 is 0. The lowest BCUT2D eigenvalue weighted by atomic mass is 9.94. The zero-order valence-electron chi connectivity index (χ0n) is 18.0. The molecule has 158 valence electrons. The van der Waals surface area contributed by atoms with Gasteiger partial charge in [-0.1, -0.05) is 36.8 Å². The van der Waals surface area contributed by atoms with E-state index in [0.717, 1.165) is 69.4 Å². The summed E-state index contributed by atoms with van der Waals surface area (Å²) >= 11 is 0. The van der Waals surface area contributed by atoms with Crippen molar-refractivity contribution in [3.8, 4) is 0 Å². The Morgan fingerprint density at radius 3 is 2.53 bits per heavy atom. The fourth-order valence-corrected chi connectivity index (χ4v) is 4.68. The molecule has 0 unspecified atom stereocenters. The highest BCUT2D eigenvalue weighted by molar-refractivity contribution is 6.02. The zero-order chi connectivity index (χ0) is 20.9. The minimum absolute atomic E-state index is 0.231. The fraction of sp³-hybridized carbons (Fsp3) is 0.462. The van der Waals surface area contributed by atoms with Crippen molar-refractivity contribution in [2.45, 2.75) is 51.4 Å². The van der Waals surface area contributed by atoms with Gasteiger partial charge in [-0.05, 0) is 74.5 Å². The van der Waals surface area contributed by atoms with Crippen LogP contribution in [0.3, 0.4) is 0 Å². The van der Waals surface area contributed by atoms with Crippen LogP contribution in [0.2, 0.25) is 0 Å². The number of ketones is 1. The highest BCUT2D eigenvalue weighted by atomic mass is 16.2. The number of rotatable bonds is 10. The Kier molecular flexibility index (Phi) is 6.63. The lowest BCUT2D eigenvalue weighted by molar-refractivity contribution is -0.118. The summed E-state index contributed by atoms with van der Waals surface area (Å²) in [5, 5.41) is 0. The number of carbonyl (C=O) groups is 2. The maximum absolute atomic E-state index is 12.7.